The molecule has 0 aliphatic carbocycles. The molecule has 0 unspecified atom stereocenters. The van der Waals surface area contributed by atoms with Gasteiger partial charge < -0.3 is 20.1 Å². The smallest absolute Gasteiger partial charge is 0.162 e. The fraction of sp³-hybridized carbons (Fsp3) is 0.417. The molecule has 2 heterocycles. The number of nitrogens with zero attached hydrogens (tertiary/aromatic N) is 2. The third-order valence-electron chi connectivity index (χ3n) is 6.05. The zero-order valence-electron chi connectivity index (χ0n) is 17.7. The summed E-state index contributed by atoms with van der Waals surface area (Å²) in [4.78, 5) is 4.60. The lowest BCUT2D eigenvalue weighted by molar-refractivity contribution is 0.171. The minimum Gasteiger partial charge on any atom is -0.493 e. The number of fused-ring (bicyclic) bond motifs is 1. The number of para-hydroxylation sites is 1. The summed E-state index contributed by atoms with van der Waals surface area (Å²) in [5, 5.41) is 0. The second kappa shape index (κ2) is 9.56. The van der Waals surface area contributed by atoms with Crippen molar-refractivity contribution in [3.8, 4) is 11.5 Å². The molecule has 7 heteroatoms. The Morgan fingerprint density at radius 1 is 1.13 bits per heavy atom. The highest BCUT2D eigenvalue weighted by molar-refractivity contribution is 5.77. The van der Waals surface area contributed by atoms with Crippen molar-refractivity contribution in [2.45, 2.75) is 19.3 Å². The zero-order valence-corrected chi connectivity index (χ0v) is 17.7. The average Bonchev–Trinajstić information content (AvgIpc) is 2.77. The Hall–Kier alpha value is -2.80. The van der Waals surface area contributed by atoms with Gasteiger partial charge in [0.25, 0.3) is 0 Å². The minimum atomic E-state index is -0.879. The molecule has 1 saturated heterocycles. The normalized spacial score (nSPS) is 17.2. The molecule has 2 aliphatic rings. The number of hydrogen-bond donors (Lipinski definition) is 1. The van der Waals surface area contributed by atoms with Crippen LogP contribution in [0, 0.1) is 17.6 Å². The molecule has 0 amide bonds. The second-order valence-electron chi connectivity index (χ2n) is 8.19. The van der Waals surface area contributed by atoms with E-state index >= 15 is 0 Å². The topological polar surface area (TPSA) is 51.0 Å². The molecule has 166 valence electrons. The molecule has 5 nitrogen and oxygen atoms in total. The largest absolute Gasteiger partial charge is 0.493 e. The van der Waals surface area contributed by atoms with Crippen molar-refractivity contribution in [1.82, 2.24) is 4.90 Å². The summed E-state index contributed by atoms with van der Waals surface area (Å²) in [6.45, 7) is 8.99. The highest BCUT2D eigenvalue weighted by Crippen LogP contribution is 2.38. The summed E-state index contributed by atoms with van der Waals surface area (Å²) in [7, 11) is 0. The van der Waals surface area contributed by atoms with Gasteiger partial charge in [0, 0.05) is 18.3 Å². The van der Waals surface area contributed by atoms with Gasteiger partial charge in [0.1, 0.15) is 23.8 Å². The van der Waals surface area contributed by atoms with Crippen LogP contribution in [0.25, 0.3) is 0 Å². The Morgan fingerprint density at radius 3 is 2.71 bits per heavy atom. The summed E-state index contributed by atoms with van der Waals surface area (Å²) >= 11 is 0. The predicted octanol–water partition coefficient (Wildman–Crippen LogP) is 4.44. The van der Waals surface area contributed by atoms with Crippen LogP contribution in [0.15, 0.2) is 48.7 Å². The fourth-order valence-corrected chi connectivity index (χ4v) is 4.31. The second-order valence-corrected chi connectivity index (χ2v) is 8.19. The number of halogens is 2. The van der Waals surface area contributed by atoms with Crippen molar-refractivity contribution in [2.24, 2.45) is 5.92 Å². The van der Waals surface area contributed by atoms with Crippen LogP contribution in [-0.4, -0.2) is 44.3 Å². The SMILES string of the molecule is C=C(CN1CCC(CCOc2ccc(F)c(F)c2)CC1)N1CCOc2cccc(N)c21. The van der Waals surface area contributed by atoms with Crippen LogP contribution in [-0.2, 0) is 0 Å². The molecule has 0 atom stereocenters. The van der Waals surface area contributed by atoms with Gasteiger partial charge in [-0.25, -0.2) is 8.78 Å². The lowest BCUT2D eigenvalue weighted by Crippen LogP contribution is -2.40. The monoisotopic (exact) mass is 429 g/mol. The Morgan fingerprint density at radius 2 is 1.94 bits per heavy atom. The number of anilines is 2. The van der Waals surface area contributed by atoms with Gasteiger partial charge in [0.15, 0.2) is 11.6 Å². The molecule has 2 aliphatic heterocycles. The molecule has 1 fully saturated rings. The van der Waals surface area contributed by atoms with Crippen molar-refractivity contribution < 1.29 is 18.3 Å². The molecular weight excluding hydrogens is 400 g/mol. The lowest BCUT2D eigenvalue weighted by Gasteiger charge is -2.37. The van der Waals surface area contributed by atoms with Crippen LogP contribution in [0.1, 0.15) is 19.3 Å². The molecule has 0 saturated carbocycles. The number of nitrogens with two attached hydrogens (primary N) is 1. The van der Waals surface area contributed by atoms with Crippen molar-refractivity contribution in [1.29, 1.82) is 0 Å². The number of piperidine rings is 1. The van der Waals surface area contributed by atoms with E-state index in [2.05, 4.69) is 16.4 Å². The Labute approximate surface area is 182 Å². The minimum absolute atomic E-state index is 0.373. The standard InChI is InChI=1S/C24H29F2N3O2/c1-17(29-12-14-31-23-4-2-3-22(27)24(23)29)16-28-10-7-18(8-11-28)9-13-30-19-5-6-20(25)21(26)15-19/h2-6,15,18H,1,7-14,16,27H2. The average molecular weight is 430 g/mol. The highest BCUT2D eigenvalue weighted by atomic mass is 19.2. The van der Waals surface area contributed by atoms with Gasteiger partial charge in [-0.3, -0.25) is 4.90 Å². The molecule has 0 bridgehead atoms. The fourth-order valence-electron chi connectivity index (χ4n) is 4.31. The quantitative estimate of drug-likeness (QED) is 0.660. The maximum atomic E-state index is 13.3. The van der Waals surface area contributed by atoms with E-state index in [1.807, 2.05) is 18.2 Å². The number of rotatable bonds is 7. The predicted molar refractivity (Wildman–Crippen MR) is 118 cm³/mol. The summed E-state index contributed by atoms with van der Waals surface area (Å²) in [6.07, 6.45) is 3.06. The van der Waals surface area contributed by atoms with E-state index in [9.17, 15) is 8.78 Å². The molecule has 0 radical (unpaired) electrons. The Balaban J connectivity index is 1.23. The van der Waals surface area contributed by atoms with E-state index in [4.69, 9.17) is 15.2 Å². The molecular formula is C24H29F2N3O2. The third kappa shape index (κ3) is 5.10. The lowest BCUT2D eigenvalue weighted by atomic mass is 9.94. The molecule has 2 aromatic rings. The number of nitrogen functional groups attached to an aromatic ring is 1. The van der Waals surface area contributed by atoms with E-state index in [1.54, 1.807) is 0 Å². The van der Waals surface area contributed by atoms with Gasteiger partial charge in [-0.05, 0) is 62.5 Å². The number of likely N-dealkylation sites (tertiary alicyclic amines) is 1. The van der Waals surface area contributed by atoms with Crippen LogP contribution < -0.4 is 20.1 Å². The Kier molecular flexibility index (Phi) is 6.61. The summed E-state index contributed by atoms with van der Waals surface area (Å²) in [6, 6.07) is 9.39. The molecule has 31 heavy (non-hydrogen) atoms. The van der Waals surface area contributed by atoms with Gasteiger partial charge in [0.2, 0.25) is 0 Å². The van der Waals surface area contributed by atoms with E-state index in [-0.39, 0.29) is 0 Å². The first-order valence-corrected chi connectivity index (χ1v) is 10.8. The first kappa shape index (κ1) is 21.4. The maximum absolute atomic E-state index is 13.3. The Bertz CT molecular complexity index is 929. The summed E-state index contributed by atoms with van der Waals surface area (Å²) in [5.41, 5.74) is 8.85. The van der Waals surface area contributed by atoms with E-state index in [1.165, 1.54) is 6.07 Å². The number of ether oxygens (including phenoxy) is 2. The van der Waals surface area contributed by atoms with Crippen molar-refractivity contribution in [3.63, 3.8) is 0 Å². The maximum Gasteiger partial charge on any atom is 0.162 e. The highest BCUT2D eigenvalue weighted by Gasteiger charge is 2.25. The van der Waals surface area contributed by atoms with Crippen LogP contribution >= 0.6 is 0 Å². The molecule has 4 rings (SSSR count). The van der Waals surface area contributed by atoms with Gasteiger partial charge in [0.05, 0.1) is 18.8 Å². The van der Waals surface area contributed by atoms with E-state index in [0.717, 1.165) is 74.7 Å². The van der Waals surface area contributed by atoms with Crippen LogP contribution in [0.2, 0.25) is 0 Å². The number of hydrogen-bond acceptors (Lipinski definition) is 5. The van der Waals surface area contributed by atoms with Gasteiger partial charge in [-0.15, -0.1) is 0 Å². The zero-order chi connectivity index (χ0) is 21.8. The van der Waals surface area contributed by atoms with Crippen molar-refractivity contribution in [3.05, 3.63) is 60.3 Å². The van der Waals surface area contributed by atoms with Crippen LogP contribution in [0.3, 0.4) is 0 Å². The van der Waals surface area contributed by atoms with Crippen LogP contribution in [0.5, 0.6) is 11.5 Å². The summed E-state index contributed by atoms with van der Waals surface area (Å²) in [5.74, 6) is 0.0136. The van der Waals surface area contributed by atoms with Crippen molar-refractivity contribution in [2.75, 3.05) is 50.0 Å². The van der Waals surface area contributed by atoms with E-state index < -0.39 is 11.6 Å². The molecule has 0 aromatic heterocycles. The van der Waals surface area contributed by atoms with E-state index in [0.29, 0.717) is 30.6 Å². The van der Waals surface area contributed by atoms with Gasteiger partial charge >= 0.3 is 0 Å². The molecule has 0 spiro atoms. The third-order valence-corrected chi connectivity index (χ3v) is 6.05. The van der Waals surface area contributed by atoms with Gasteiger partial charge in [-0.2, -0.15) is 0 Å². The van der Waals surface area contributed by atoms with Crippen molar-refractivity contribution >= 4 is 11.4 Å². The first-order valence-electron chi connectivity index (χ1n) is 10.8. The van der Waals surface area contributed by atoms with Gasteiger partial charge in [-0.1, -0.05) is 12.6 Å². The molecule has 2 N–H and O–H groups in total. The number of benzene rings is 2. The van der Waals surface area contributed by atoms with Crippen LogP contribution in [0.4, 0.5) is 20.2 Å². The molecule has 2 aromatic carbocycles. The first-order chi connectivity index (χ1) is 15.0. The summed E-state index contributed by atoms with van der Waals surface area (Å²) < 4.78 is 37.6.